The highest BCUT2D eigenvalue weighted by atomic mass is 16.5. The van der Waals surface area contributed by atoms with E-state index in [4.69, 9.17) is 15.2 Å². The summed E-state index contributed by atoms with van der Waals surface area (Å²) < 4.78 is 10.4. The molecule has 0 radical (unpaired) electrons. The Kier molecular flexibility index (Phi) is 6.44. The lowest BCUT2D eigenvalue weighted by molar-refractivity contribution is -0.119. The van der Waals surface area contributed by atoms with Crippen molar-refractivity contribution < 1.29 is 19.1 Å². The molecule has 0 bridgehead atoms. The molecule has 0 unspecified atom stereocenters. The Bertz CT molecular complexity index is 569. The lowest BCUT2D eigenvalue weighted by Gasteiger charge is -2.21. The fourth-order valence-corrected chi connectivity index (χ4v) is 1.90. The van der Waals surface area contributed by atoms with Gasteiger partial charge in [0.1, 0.15) is 0 Å². The van der Waals surface area contributed by atoms with Gasteiger partial charge in [0, 0.05) is 18.7 Å². The van der Waals surface area contributed by atoms with Crippen molar-refractivity contribution in [2.45, 2.75) is 13.8 Å². The minimum Gasteiger partial charge on any atom is -0.493 e. The van der Waals surface area contributed by atoms with Crippen LogP contribution in [0.5, 0.6) is 11.5 Å². The predicted octanol–water partition coefficient (Wildman–Crippen LogP) is 1.60. The molecule has 0 aliphatic carbocycles. The average Bonchev–Trinajstić information content (AvgIpc) is 2.49. The highest BCUT2D eigenvalue weighted by Gasteiger charge is 2.17. The number of likely N-dealkylation sites (N-methyl/N-ethyl adjacent to an activating group) is 1. The van der Waals surface area contributed by atoms with Crippen molar-refractivity contribution in [1.82, 2.24) is 4.90 Å². The summed E-state index contributed by atoms with van der Waals surface area (Å²) in [5, 5.41) is 0. The molecule has 6 heteroatoms. The minimum absolute atomic E-state index is 0.120. The molecule has 1 rings (SSSR count). The number of hydrogen-bond acceptors (Lipinski definition) is 4. The normalized spacial score (nSPS) is 9.95. The van der Waals surface area contributed by atoms with Gasteiger partial charge in [-0.15, -0.1) is 0 Å². The van der Waals surface area contributed by atoms with E-state index in [9.17, 15) is 9.59 Å². The van der Waals surface area contributed by atoms with Crippen molar-refractivity contribution in [1.29, 1.82) is 0 Å². The Hall–Kier alpha value is -2.50. The number of rotatable bonds is 8. The molecular weight excluding hydrogens is 284 g/mol. The van der Waals surface area contributed by atoms with Crippen molar-refractivity contribution in [2.24, 2.45) is 5.73 Å². The lowest BCUT2D eigenvalue weighted by Crippen LogP contribution is -2.32. The van der Waals surface area contributed by atoms with Crippen LogP contribution < -0.4 is 15.2 Å². The molecule has 0 saturated carbocycles. The number of hydrogen-bond donors (Lipinski definition) is 1. The quantitative estimate of drug-likeness (QED) is 0.740. The van der Waals surface area contributed by atoms with E-state index in [2.05, 4.69) is 6.58 Å². The Morgan fingerprint density at radius 1 is 1.32 bits per heavy atom. The van der Waals surface area contributed by atoms with Crippen LogP contribution in [-0.4, -0.2) is 43.5 Å². The van der Waals surface area contributed by atoms with Crippen LogP contribution in [-0.2, 0) is 4.79 Å². The van der Waals surface area contributed by atoms with Gasteiger partial charge >= 0.3 is 0 Å². The summed E-state index contributed by atoms with van der Waals surface area (Å²) in [5.74, 6) is 0.0327. The van der Waals surface area contributed by atoms with Crippen LogP contribution in [0.2, 0.25) is 0 Å². The van der Waals surface area contributed by atoms with Crippen LogP contribution in [0.1, 0.15) is 24.2 Å². The molecule has 2 amide bonds. The summed E-state index contributed by atoms with van der Waals surface area (Å²) in [5.41, 5.74) is 6.42. The molecule has 0 spiro atoms. The largest absolute Gasteiger partial charge is 0.493 e. The SMILES string of the molecule is C=C(C)CN(CC)C(=O)c1ccc(OCC(N)=O)c(OC)c1. The molecule has 6 nitrogen and oxygen atoms in total. The van der Waals surface area contributed by atoms with Crippen LogP contribution in [0.4, 0.5) is 0 Å². The summed E-state index contributed by atoms with van der Waals surface area (Å²) in [7, 11) is 1.46. The maximum Gasteiger partial charge on any atom is 0.255 e. The van der Waals surface area contributed by atoms with Crippen molar-refractivity contribution in [2.75, 3.05) is 26.8 Å². The van der Waals surface area contributed by atoms with E-state index in [0.29, 0.717) is 30.2 Å². The first-order valence-corrected chi connectivity index (χ1v) is 6.91. The molecule has 2 N–H and O–H groups in total. The number of ether oxygens (including phenoxy) is 2. The van der Waals surface area contributed by atoms with E-state index in [1.54, 1.807) is 23.1 Å². The summed E-state index contributed by atoms with van der Waals surface area (Å²) in [6.45, 7) is 8.43. The molecule has 22 heavy (non-hydrogen) atoms. The van der Waals surface area contributed by atoms with E-state index in [1.807, 2.05) is 13.8 Å². The molecule has 0 saturated heterocycles. The fraction of sp³-hybridized carbons (Fsp3) is 0.375. The molecule has 0 aliphatic rings. The number of primary amides is 1. The zero-order chi connectivity index (χ0) is 16.7. The van der Waals surface area contributed by atoms with Gasteiger partial charge in [0.15, 0.2) is 18.1 Å². The fourth-order valence-electron chi connectivity index (χ4n) is 1.90. The summed E-state index contributed by atoms with van der Waals surface area (Å²) in [4.78, 5) is 24.9. The van der Waals surface area contributed by atoms with Gasteiger partial charge in [-0.2, -0.15) is 0 Å². The molecule has 0 heterocycles. The van der Waals surface area contributed by atoms with Crippen LogP contribution in [0, 0.1) is 0 Å². The zero-order valence-electron chi connectivity index (χ0n) is 13.2. The van der Waals surface area contributed by atoms with Crippen molar-refractivity contribution in [3.05, 3.63) is 35.9 Å². The number of nitrogens with zero attached hydrogens (tertiary/aromatic N) is 1. The summed E-state index contributed by atoms with van der Waals surface area (Å²) in [6.07, 6.45) is 0. The highest BCUT2D eigenvalue weighted by molar-refractivity contribution is 5.95. The second-order valence-electron chi connectivity index (χ2n) is 4.90. The maximum absolute atomic E-state index is 12.5. The second kappa shape index (κ2) is 8.07. The molecular formula is C16H22N2O4. The Balaban J connectivity index is 2.98. The summed E-state index contributed by atoms with van der Waals surface area (Å²) >= 11 is 0. The van der Waals surface area contributed by atoms with Crippen molar-refractivity contribution in [3.8, 4) is 11.5 Å². The standard InChI is InChI=1S/C16H22N2O4/c1-5-18(9-11(2)3)16(20)12-6-7-13(14(8-12)21-4)22-10-15(17)19/h6-8H,2,5,9-10H2,1,3-4H3,(H2,17,19). The van der Waals surface area contributed by atoms with Crippen LogP contribution in [0.25, 0.3) is 0 Å². The van der Waals surface area contributed by atoms with Crippen molar-refractivity contribution >= 4 is 11.8 Å². The van der Waals surface area contributed by atoms with E-state index in [0.717, 1.165) is 5.57 Å². The molecule has 0 aliphatic heterocycles. The van der Waals surface area contributed by atoms with Crippen LogP contribution >= 0.6 is 0 Å². The third-order valence-electron chi connectivity index (χ3n) is 2.91. The highest BCUT2D eigenvalue weighted by Crippen LogP contribution is 2.28. The first-order valence-electron chi connectivity index (χ1n) is 6.91. The number of carbonyl (C=O) groups is 2. The molecule has 0 aromatic heterocycles. The average molecular weight is 306 g/mol. The third kappa shape index (κ3) is 4.80. The van der Waals surface area contributed by atoms with Gasteiger partial charge in [0.25, 0.3) is 11.8 Å². The van der Waals surface area contributed by atoms with Gasteiger partial charge in [0.05, 0.1) is 7.11 Å². The van der Waals surface area contributed by atoms with Crippen LogP contribution in [0.15, 0.2) is 30.4 Å². The Morgan fingerprint density at radius 3 is 2.50 bits per heavy atom. The van der Waals surface area contributed by atoms with Gasteiger partial charge in [-0.25, -0.2) is 0 Å². The first kappa shape index (κ1) is 17.6. The van der Waals surface area contributed by atoms with Gasteiger partial charge < -0.3 is 20.1 Å². The molecule has 1 aromatic rings. The first-order chi connectivity index (χ1) is 10.4. The van der Waals surface area contributed by atoms with E-state index in [1.165, 1.54) is 7.11 Å². The van der Waals surface area contributed by atoms with Crippen LogP contribution in [0.3, 0.4) is 0 Å². The van der Waals surface area contributed by atoms with Gasteiger partial charge in [-0.05, 0) is 32.0 Å². The number of methoxy groups -OCH3 is 1. The molecule has 0 fully saturated rings. The van der Waals surface area contributed by atoms with E-state index in [-0.39, 0.29) is 12.5 Å². The number of amides is 2. The van der Waals surface area contributed by atoms with Gasteiger partial charge in [-0.1, -0.05) is 12.2 Å². The number of nitrogens with two attached hydrogens (primary N) is 1. The monoisotopic (exact) mass is 306 g/mol. The van der Waals surface area contributed by atoms with Gasteiger partial charge in [0.2, 0.25) is 0 Å². The van der Waals surface area contributed by atoms with Crippen molar-refractivity contribution in [3.63, 3.8) is 0 Å². The van der Waals surface area contributed by atoms with Gasteiger partial charge in [-0.3, -0.25) is 9.59 Å². The predicted molar refractivity (Wildman–Crippen MR) is 84.1 cm³/mol. The Labute approximate surface area is 130 Å². The molecule has 120 valence electrons. The zero-order valence-corrected chi connectivity index (χ0v) is 13.2. The topological polar surface area (TPSA) is 81.9 Å². The minimum atomic E-state index is -0.583. The summed E-state index contributed by atoms with van der Waals surface area (Å²) in [6, 6.07) is 4.80. The molecule has 1 aromatic carbocycles. The molecule has 0 atom stereocenters. The number of benzene rings is 1. The van der Waals surface area contributed by atoms with E-state index < -0.39 is 5.91 Å². The maximum atomic E-state index is 12.5. The smallest absolute Gasteiger partial charge is 0.255 e. The van der Waals surface area contributed by atoms with E-state index >= 15 is 0 Å². The number of carbonyl (C=O) groups excluding carboxylic acids is 2. The second-order valence-corrected chi connectivity index (χ2v) is 4.90. The Morgan fingerprint density at radius 2 is 2.00 bits per heavy atom. The lowest BCUT2D eigenvalue weighted by atomic mass is 10.1. The third-order valence-corrected chi connectivity index (χ3v) is 2.91.